The average Bonchev–Trinajstić information content (AvgIpc) is 3.14. The van der Waals surface area contributed by atoms with E-state index in [2.05, 4.69) is 27.1 Å². The van der Waals surface area contributed by atoms with Gasteiger partial charge in [-0.1, -0.05) is 40.6 Å². The van der Waals surface area contributed by atoms with Crippen LogP contribution in [-0.4, -0.2) is 56.0 Å². The highest BCUT2D eigenvalue weighted by Crippen LogP contribution is 2.37. The predicted octanol–water partition coefficient (Wildman–Crippen LogP) is 4.77. The molecule has 4 rings (SSSR count). The van der Waals surface area contributed by atoms with Crippen molar-refractivity contribution in [3.8, 4) is 5.75 Å². The molecule has 0 unspecified atom stereocenters. The van der Waals surface area contributed by atoms with Gasteiger partial charge in [0.1, 0.15) is 16.4 Å². The van der Waals surface area contributed by atoms with Gasteiger partial charge in [-0.05, 0) is 31.3 Å². The average molecular weight is 492 g/mol. The molecule has 1 aromatic heterocycles. The molecule has 1 aliphatic rings. The van der Waals surface area contributed by atoms with Gasteiger partial charge in [0.15, 0.2) is 5.13 Å². The van der Waals surface area contributed by atoms with Crippen LogP contribution < -0.4 is 20.7 Å². The second kappa shape index (κ2) is 9.54. The van der Waals surface area contributed by atoms with Crippen LogP contribution in [0.25, 0.3) is 0 Å². The van der Waals surface area contributed by atoms with Crippen molar-refractivity contribution in [2.75, 3.05) is 56.3 Å². The Balaban J connectivity index is 1.57. The number of rotatable bonds is 6. The van der Waals surface area contributed by atoms with Crippen molar-refractivity contribution in [1.82, 2.24) is 9.88 Å². The van der Waals surface area contributed by atoms with E-state index in [9.17, 15) is 4.79 Å². The maximum Gasteiger partial charge on any atom is 0.209 e. The Labute approximate surface area is 200 Å². The van der Waals surface area contributed by atoms with Crippen molar-refractivity contribution in [2.45, 2.75) is 0 Å². The van der Waals surface area contributed by atoms with Crippen LogP contribution in [0.15, 0.2) is 36.4 Å². The Bertz CT molecular complexity index is 1130. The number of ether oxygens (including phenoxy) is 1. The Morgan fingerprint density at radius 2 is 1.84 bits per heavy atom. The number of carbonyl (C=O) groups is 1. The van der Waals surface area contributed by atoms with Crippen molar-refractivity contribution in [2.24, 2.45) is 0 Å². The van der Waals surface area contributed by atoms with E-state index in [0.29, 0.717) is 10.9 Å². The van der Waals surface area contributed by atoms with Gasteiger partial charge in [0.25, 0.3) is 0 Å². The lowest BCUT2D eigenvalue weighted by molar-refractivity contribution is 0.104. The molecule has 2 heterocycles. The van der Waals surface area contributed by atoms with Crippen LogP contribution >= 0.6 is 34.5 Å². The van der Waals surface area contributed by atoms with Crippen molar-refractivity contribution in [1.29, 1.82) is 0 Å². The van der Waals surface area contributed by atoms with Crippen molar-refractivity contribution >= 4 is 62.6 Å². The number of hydrogen-bond acceptors (Lipinski definition) is 8. The second-order valence-corrected chi connectivity index (χ2v) is 9.27. The number of aromatic nitrogens is 1. The summed E-state index contributed by atoms with van der Waals surface area (Å²) < 4.78 is 5.60. The fraction of sp³-hybridized carbons (Fsp3) is 0.273. The summed E-state index contributed by atoms with van der Waals surface area (Å²) in [6.45, 7) is 3.97. The summed E-state index contributed by atoms with van der Waals surface area (Å²) in [5.74, 6) is 0.435. The van der Waals surface area contributed by atoms with E-state index in [1.807, 2.05) is 18.2 Å². The number of thiazole rings is 1. The first-order valence-electron chi connectivity index (χ1n) is 10.0. The molecule has 168 valence electrons. The molecule has 1 aliphatic heterocycles. The Morgan fingerprint density at radius 1 is 1.16 bits per heavy atom. The third-order valence-electron chi connectivity index (χ3n) is 5.34. The maximum absolute atomic E-state index is 13.0. The fourth-order valence-corrected chi connectivity index (χ4v) is 4.95. The van der Waals surface area contributed by atoms with Crippen molar-refractivity contribution in [3.63, 3.8) is 0 Å². The molecule has 0 aliphatic carbocycles. The summed E-state index contributed by atoms with van der Waals surface area (Å²) in [4.78, 5) is 22.2. The number of methoxy groups -OCH3 is 1. The summed E-state index contributed by atoms with van der Waals surface area (Å²) in [5.41, 5.74) is 8.09. The highest BCUT2D eigenvalue weighted by molar-refractivity contribution is 7.18. The number of nitrogen functional groups attached to an aromatic ring is 1. The minimum atomic E-state index is -0.360. The molecule has 7 nitrogen and oxygen atoms in total. The Kier molecular flexibility index (Phi) is 6.76. The summed E-state index contributed by atoms with van der Waals surface area (Å²) in [6, 6.07) is 10.9. The highest BCUT2D eigenvalue weighted by atomic mass is 35.5. The first-order chi connectivity index (χ1) is 15.4. The molecular formula is C22H23Cl2N5O2S. The fourth-order valence-electron chi connectivity index (χ4n) is 3.54. The van der Waals surface area contributed by atoms with Crippen LogP contribution in [0.1, 0.15) is 15.2 Å². The minimum absolute atomic E-state index is 0.117. The number of ketones is 1. The lowest BCUT2D eigenvalue weighted by Crippen LogP contribution is -2.44. The number of nitrogens with zero attached hydrogens (tertiary/aromatic N) is 3. The van der Waals surface area contributed by atoms with Gasteiger partial charge in [0.05, 0.1) is 28.4 Å². The standard InChI is InChI=1S/C22H23Cl2N5O2S/c1-28-8-10-29(11-9-28)13-6-7-16(17(12-13)31-2)26-22-27-21(25)20(32-22)19(30)18-14(23)4-3-5-15(18)24/h3-7,12H,8-11,25H2,1-2H3,(H,26,27). The van der Waals surface area contributed by atoms with Gasteiger partial charge >= 0.3 is 0 Å². The summed E-state index contributed by atoms with van der Waals surface area (Å²) in [6.07, 6.45) is 0. The van der Waals surface area contributed by atoms with E-state index < -0.39 is 0 Å². The normalized spacial score (nSPS) is 14.4. The third-order valence-corrected chi connectivity index (χ3v) is 6.96. The molecule has 0 bridgehead atoms. The molecular weight excluding hydrogens is 469 g/mol. The highest BCUT2D eigenvalue weighted by Gasteiger charge is 2.23. The number of likely N-dealkylation sites (N-methyl/N-ethyl adjacent to an activating group) is 1. The molecule has 2 aromatic carbocycles. The van der Waals surface area contributed by atoms with E-state index in [0.717, 1.165) is 48.9 Å². The zero-order valence-corrected chi connectivity index (χ0v) is 20.0. The molecule has 10 heteroatoms. The number of piperazine rings is 1. The summed E-state index contributed by atoms with van der Waals surface area (Å²) in [5, 5.41) is 4.23. The number of nitrogens with two attached hydrogens (primary N) is 1. The van der Waals surface area contributed by atoms with Gasteiger partial charge in [0.2, 0.25) is 5.78 Å². The molecule has 0 saturated carbocycles. The lowest BCUT2D eigenvalue weighted by atomic mass is 10.1. The smallest absolute Gasteiger partial charge is 0.209 e. The number of anilines is 4. The molecule has 1 fully saturated rings. The van der Waals surface area contributed by atoms with Gasteiger partial charge in [0, 0.05) is 37.9 Å². The van der Waals surface area contributed by atoms with Crippen molar-refractivity contribution in [3.05, 3.63) is 56.9 Å². The van der Waals surface area contributed by atoms with Crippen molar-refractivity contribution < 1.29 is 9.53 Å². The molecule has 3 aromatic rings. The minimum Gasteiger partial charge on any atom is -0.494 e. The maximum atomic E-state index is 13.0. The van der Waals surface area contributed by atoms with Gasteiger partial charge in [-0.3, -0.25) is 4.79 Å². The number of benzene rings is 2. The number of carbonyl (C=O) groups excluding carboxylic acids is 1. The van der Waals surface area contributed by atoms with Crippen LogP contribution in [0.2, 0.25) is 10.0 Å². The largest absolute Gasteiger partial charge is 0.494 e. The van der Waals surface area contributed by atoms with Crippen LogP contribution in [0.3, 0.4) is 0 Å². The first kappa shape index (κ1) is 22.7. The van der Waals surface area contributed by atoms with E-state index in [-0.39, 0.29) is 32.1 Å². The molecule has 0 amide bonds. The third kappa shape index (κ3) is 4.63. The van der Waals surface area contributed by atoms with E-state index in [1.165, 1.54) is 0 Å². The van der Waals surface area contributed by atoms with Gasteiger partial charge in [-0.25, -0.2) is 4.98 Å². The Hall–Kier alpha value is -2.52. The number of nitrogens with one attached hydrogen (secondary N) is 1. The monoisotopic (exact) mass is 491 g/mol. The van der Waals surface area contributed by atoms with Crippen LogP contribution in [0, 0.1) is 0 Å². The molecule has 0 radical (unpaired) electrons. The second-order valence-electron chi connectivity index (χ2n) is 7.46. The van der Waals surface area contributed by atoms with Crippen LogP contribution in [0.5, 0.6) is 5.75 Å². The molecule has 3 N–H and O–H groups in total. The quantitative estimate of drug-likeness (QED) is 0.480. The first-order valence-corrected chi connectivity index (χ1v) is 11.6. The molecule has 32 heavy (non-hydrogen) atoms. The molecule has 1 saturated heterocycles. The number of hydrogen-bond donors (Lipinski definition) is 2. The molecule has 0 atom stereocenters. The summed E-state index contributed by atoms with van der Waals surface area (Å²) in [7, 11) is 3.75. The zero-order valence-electron chi connectivity index (χ0n) is 17.7. The van der Waals surface area contributed by atoms with Gasteiger partial charge < -0.3 is 25.6 Å². The lowest BCUT2D eigenvalue weighted by Gasteiger charge is -2.34. The number of halogens is 2. The Morgan fingerprint density at radius 3 is 2.50 bits per heavy atom. The van der Waals surface area contributed by atoms with Gasteiger partial charge in [-0.15, -0.1) is 0 Å². The van der Waals surface area contributed by atoms with E-state index >= 15 is 0 Å². The molecule has 0 spiro atoms. The van der Waals surface area contributed by atoms with Crippen LogP contribution in [-0.2, 0) is 0 Å². The van der Waals surface area contributed by atoms with Gasteiger partial charge in [-0.2, -0.15) is 0 Å². The SMILES string of the molecule is COc1cc(N2CCN(C)CC2)ccc1Nc1nc(N)c(C(=O)c2c(Cl)cccc2Cl)s1. The van der Waals surface area contributed by atoms with E-state index in [4.69, 9.17) is 33.7 Å². The van der Waals surface area contributed by atoms with Crippen LogP contribution in [0.4, 0.5) is 22.3 Å². The summed E-state index contributed by atoms with van der Waals surface area (Å²) >= 11 is 13.5. The predicted molar refractivity (Wildman–Crippen MR) is 132 cm³/mol. The topological polar surface area (TPSA) is 83.7 Å². The van der Waals surface area contributed by atoms with E-state index in [1.54, 1.807) is 25.3 Å². The zero-order chi connectivity index (χ0) is 22.8.